The van der Waals surface area contributed by atoms with Crippen molar-refractivity contribution in [2.45, 2.75) is 64.3 Å². The van der Waals surface area contributed by atoms with Crippen LogP contribution in [0.2, 0.25) is 0 Å². The van der Waals surface area contributed by atoms with Crippen LogP contribution in [0.1, 0.15) is 61.0 Å². The smallest absolute Gasteiger partial charge is 0.295 e. The fourth-order valence-corrected chi connectivity index (χ4v) is 8.68. The molecule has 0 spiro atoms. The number of anilines is 2. The summed E-state index contributed by atoms with van der Waals surface area (Å²) in [4.78, 5) is 27.7. The van der Waals surface area contributed by atoms with E-state index in [9.17, 15) is 35.5 Å². The Labute approximate surface area is 262 Å². The van der Waals surface area contributed by atoms with Crippen molar-refractivity contribution < 1.29 is 35.5 Å². The molecule has 3 N–H and O–H groups in total. The van der Waals surface area contributed by atoms with Gasteiger partial charge in [-0.2, -0.15) is 8.42 Å². The zero-order valence-electron chi connectivity index (χ0n) is 25.8. The lowest BCUT2D eigenvalue weighted by Gasteiger charge is -2.37. The standard InChI is InChI=1S/C33H34N2O8S2/c1-15-12-18(4)32(44(38,39)40)20(6)27(15)34-24-14-17(3)29(26-25(24)30(36)22-10-8-9-11-23(22)31(26)37)35-28-16(2)13-19(5)33(21(28)7)45(41,42)43/h8-14,17,29,34-35H,1-7H3,(H,38,39,40)(H,41,42,43)/p-1. The Hall–Kier alpha value is -4.10. The molecule has 0 amide bonds. The Morgan fingerprint density at radius 3 is 1.82 bits per heavy atom. The summed E-state index contributed by atoms with van der Waals surface area (Å²) >= 11 is 0. The first-order chi connectivity index (χ1) is 20.8. The highest BCUT2D eigenvalue weighted by Crippen LogP contribution is 2.42. The molecule has 0 radical (unpaired) electrons. The number of fused-ring (bicyclic) bond motifs is 1. The molecule has 2 aliphatic rings. The second kappa shape index (κ2) is 11.1. The topological polar surface area (TPSA) is 170 Å². The zero-order chi connectivity index (χ0) is 33.3. The molecule has 0 fully saturated rings. The van der Waals surface area contributed by atoms with E-state index in [0.29, 0.717) is 33.6 Å². The minimum Gasteiger partial charge on any atom is -0.744 e. The van der Waals surface area contributed by atoms with Crippen LogP contribution in [0.15, 0.2) is 69.1 Å². The number of nitrogens with one attached hydrogen (secondary N) is 2. The van der Waals surface area contributed by atoms with Crippen LogP contribution >= 0.6 is 0 Å². The zero-order valence-corrected chi connectivity index (χ0v) is 27.5. The van der Waals surface area contributed by atoms with Gasteiger partial charge in [0.2, 0.25) is 0 Å². The molecule has 0 aromatic heterocycles. The molecule has 236 valence electrons. The first-order valence-corrected chi connectivity index (χ1v) is 17.0. The van der Waals surface area contributed by atoms with E-state index in [-0.39, 0.29) is 48.9 Å². The number of hydrogen-bond acceptors (Lipinski definition) is 9. The van der Waals surface area contributed by atoms with Gasteiger partial charge in [0.15, 0.2) is 11.6 Å². The van der Waals surface area contributed by atoms with Crippen molar-refractivity contribution >= 4 is 43.2 Å². The van der Waals surface area contributed by atoms with Gasteiger partial charge in [-0.1, -0.05) is 49.4 Å². The van der Waals surface area contributed by atoms with Crippen molar-refractivity contribution in [3.05, 3.63) is 104 Å². The molecule has 5 rings (SSSR count). The van der Waals surface area contributed by atoms with Crippen LogP contribution < -0.4 is 10.6 Å². The van der Waals surface area contributed by atoms with Gasteiger partial charge in [0, 0.05) is 39.7 Å². The van der Waals surface area contributed by atoms with Gasteiger partial charge in [-0.25, -0.2) is 8.42 Å². The summed E-state index contributed by atoms with van der Waals surface area (Å²) in [5, 5.41) is 6.53. The van der Waals surface area contributed by atoms with E-state index in [1.165, 1.54) is 13.8 Å². The molecule has 45 heavy (non-hydrogen) atoms. The Morgan fingerprint density at radius 1 is 0.756 bits per heavy atom. The van der Waals surface area contributed by atoms with E-state index < -0.39 is 43.8 Å². The number of Topliss-reactive ketones (excluding diaryl/α,β-unsaturated/α-hetero) is 2. The van der Waals surface area contributed by atoms with Crippen LogP contribution in [0.25, 0.3) is 0 Å². The summed E-state index contributed by atoms with van der Waals surface area (Å²) < 4.78 is 71.0. The number of ketones is 2. The van der Waals surface area contributed by atoms with Crippen LogP contribution in [0.3, 0.4) is 0 Å². The monoisotopic (exact) mass is 649 g/mol. The van der Waals surface area contributed by atoms with E-state index in [4.69, 9.17) is 0 Å². The quantitative estimate of drug-likeness (QED) is 0.290. The molecule has 12 heteroatoms. The highest BCUT2D eigenvalue weighted by molar-refractivity contribution is 7.86. The molecule has 2 aliphatic carbocycles. The number of benzene rings is 3. The van der Waals surface area contributed by atoms with Crippen LogP contribution in [0.5, 0.6) is 0 Å². The van der Waals surface area contributed by atoms with Crippen molar-refractivity contribution in [3.8, 4) is 0 Å². The van der Waals surface area contributed by atoms with Gasteiger partial charge in [-0.3, -0.25) is 14.1 Å². The maximum absolute atomic E-state index is 14.2. The Kier molecular flexibility index (Phi) is 7.94. The highest BCUT2D eigenvalue weighted by Gasteiger charge is 2.42. The summed E-state index contributed by atoms with van der Waals surface area (Å²) in [5.41, 5.74) is 4.10. The van der Waals surface area contributed by atoms with Gasteiger partial charge >= 0.3 is 0 Å². The van der Waals surface area contributed by atoms with Crippen molar-refractivity contribution in [1.82, 2.24) is 0 Å². The first-order valence-electron chi connectivity index (χ1n) is 14.2. The van der Waals surface area contributed by atoms with Crippen molar-refractivity contribution in [2.24, 2.45) is 5.92 Å². The van der Waals surface area contributed by atoms with Gasteiger partial charge in [-0.05, 0) is 74.9 Å². The average molecular weight is 650 g/mol. The minimum absolute atomic E-state index is 0.0811. The number of carbonyl (C=O) groups is 2. The van der Waals surface area contributed by atoms with E-state index >= 15 is 0 Å². The van der Waals surface area contributed by atoms with Crippen LogP contribution in [0, 0.1) is 47.5 Å². The predicted octanol–water partition coefficient (Wildman–Crippen LogP) is 5.49. The molecular formula is C33H33N2O8S2-. The second-order valence-electron chi connectivity index (χ2n) is 11.8. The number of carbonyl (C=O) groups excluding carboxylic acids is 2. The van der Waals surface area contributed by atoms with Crippen LogP contribution in [-0.4, -0.2) is 43.5 Å². The lowest BCUT2D eigenvalue weighted by Crippen LogP contribution is -2.41. The Balaban J connectivity index is 1.72. The number of hydrogen-bond donors (Lipinski definition) is 3. The molecule has 2 unspecified atom stereocenters. The Bertz CT molecular complexity index is 2130. The van der Waals surface area contributed by atoms with Gasteiger partial charge in [-0.15, -0.1) is 0 Å². The van der Waals surface area contributed by atoms with Gasteiger partial charge < -0.3 is 15.2 Å². The van der Waals surface area contributed by atoms with E-state index in [0.717, 1.165) is 0 Å². The lowest BCUT2D eigenvalue weighted by atomic mass is 9.73. The van der Waals surface area contributed by atoms with Gasteiger partial charge in [0.05, 0.1) is 16.5 Å². The molecular weight excluding hydrogens is 617 g/mol. The van der Waals surface area contributed by atoms with Gasteiger partial charge in [0.25, 0.3) is 10.1 Å². The molecule has 0 saturated carbocycles. The van der Waals surface area contributed by atoms with Gasteiger partial charge in [0.1, 0.15) is 15.0 Å². The van der Waals surface area contributed by atoms with E-state index in [2.05, 4.69) is 10.6 Å². The summed E-state index contributed by atoms with van der Waals surface area (Å²) in [6.07, 6.45) is 1.75. The molecule has 0 saturated heterocycles. The fourth-order valence-electron chi connectivity index (χ4n) is 6.79. The van der Waals surface area contributed by atoms with Crippen LogP contribution in [0.4, 0.5) is 11.4 Å². The summed E-state index contributed by atoms with van der Waals surface area (Å²) in [7, 11) is -9.39. The number of allylic oxidation sites excluding steroid dienone is 1. The second-order valence-corrected chi connectivity index (χ2v) is 14.5. The number of rotatable bonds is 6. The van der Waals surface area contributed by atoms with Crippen molar-refractivity contribution in [2.75, 3.05) is 10.6 Å². The molecule has 0 heterocycles. The molecule has 3 aromatic rings. The maximum atomic E-state index is 14.2. The normalized spacial score (nSPS) is 18.4. The summed E-state index contributed by atoms with van der Waals surface area (Å²) in [5.74, 6) is -1.28. The fraction of sp³-hybridized carbons (Fsp3) is 0.273. The van der Waals surface area contributed by atoms with E-state index in [1.54, 1.807) is 70.2 Å². The third-order valence-corrected chi connectivity index (χ3v) is 10.8. The molecule has 3 aromatic carbocycles. The minimum atomic E-state index is -4.82. The van der Waals surface area contributed by atoms with Crippen LogP contribution in [-0.2, 0) is 20.2 Å². The van der Waals surface area contributed by atoms with Crippen molar-refractivity contribution in [1.29, 1.82) is 0 Å². The molecule has 0 aliphatic heterocycles. The first kappa shape index (κ1) is 32.3. The molecule has 0 bridgehead atoms. The number of aryl methyl sites for hydroxylation is 4. The average Bonchev–Trinajstić information content (AvgIpc) is 2.90. The third-order valence-electron chi connectivity index (χ3n) is 8.56. The van der Waals surface area contributed by atoms with Crippen molar-refractivity contribution in [3.63, 3.8) is 0 Å². The predicted molar refractivity (Wildman–Crippen MR) is 169 cm³/mol. The summed E-state index contributed by atoms with van der Waals surface area (Å²) in [6, 6.07) is 8.87. The maximum Gasteiger partial charge on any atom is 0.295 e. The largest absolute Gasteiger partial charge is 0.744 e. The molecule has 2 atom stereocenters. The lowest BCUT2D eigenvalue weighted by molar-refractivity contribution is 0.0969. The SMILES string of the molecule is Cc1cc(C)c(S(=O)(=O)[O-])c(C)c1NC1=CC(C)C(Nc2c(C)cc(C)c(S(=O)(=O)O)c2C)C2=C1C(=O)c1ccccc1C2=O. The van der Waals surface area contributed by atoms with E-state index in [1.807, 2.05) is 6.92 Å². The third kappa shape index (κ3) is 5.41. The molecule has 10 nitrogen and oxygen atoms in total. The Morgan fingerprint density at radius 2 is 1.27 bits per heavy atom. The summed E-state index contributed by atoms with van der Waals surface area (Å²) in [6.45, 7) is 11.5. The highest BCUT2D eigenvalue weighted by atomic mass is 32.2.